The van der Waals surface area contributed by atoms with Crippen molar-refractivity contribution in [2.75, 3.05) is 44.7 Å². The predicted octanol–water partition coefficient (Wildman–Crippen LogP) is 2.71. The summed E-state index contributed by atoms with van der Waals surface area (Å²) in [5.41, 5.74) is 2.64. The molecule has 5 nitrogen and oxygen atoms in total. The molecule has 1 fully saturated rings. The maximum Gasteiger partial charge on any atom is 0.228 e. The molecule has 2 aromatic rings. The van der Waals surface area contributed by atoms with Crippen LogP contribution in [0.2, 0.25) is 0 Å². The van der Waals surface area contributed by atoms with Crippen molar-refractivity contribution >= 4 is 12.0 Å². The third-order valence-corrected chi connectivity index (χ3v) is 4.17. The monoisotopic (exact) mass is 324 g/mol. The van der Waals surface area contributed by atoms with Gasteiger partial charge in [-0.25, -0.2) is 4.98 Å². The van der Waals surface area contributed by atoms with Crippen LogP contribution in [-0.2, 0) is 0 Å². The number of rotatable bonds is 5. The third-order valence-electron chi connectivity index (χ3n) is 4.17. The van der Waals surface area contributed by atoms with Crippen molar-refractivity contribution < 1.29 is 4.74 Å². The molecule has 24 heavy (non-hydrogen) atoms. The first-order valence-corrected chi connectivity index (χ1v) is 8.31. The molecule has 1 aliphatic rings. The van der Waals surface area contributed by atoms with E-state index in [0.29, 0.717) is 5.88 Å². The number of piperazine rings is 1. The van der Waals surface area contributed by atoms with E-state index in [1.807, 2.05) is 6.07 Å². The molecule has 0 aliphatic carbocycles. The van der Waals surface area contributed by atoms with Gasteiger partial charge in [0.05, 0.1) is 7.11 Å². The Hall–Kier alpha value is -2.40. The summed E-state index contributed by atoms with van der Waals surface area (Å²) >= 11 is 0. The second-order valence-corrected chi connectivity index (χ2v) is 6.06. The zero-order valence-corrected chi connectivity index (χ0v) is 14.4. The fourth-order valence-corrected chi connectivity index (χ4v) is 2.94. The van der Waals surface area contributed by atoms with Crippen LogP contribution in [0, 0.1) is 0 Å². The Morgan fingerprint density at radius 1 is 1.12 bits per heavy atom. The van der Waals surface area contributed by atoms with Gasteiger partial charge in [-0.15, -0.1) is 0 Å². The molecule has 0 atom stereocenters. The summed E-state index contributed by atoms with van der Waals surface area (Å²) in [6, 6.07) is 12.3. The molecular weight excluding hydrogens is 300 g/mol. The fraction of sp³-hybridized carbons (Fsp3) is 0.368. The lowest BCUT2D eigenvalue weighted by molar-refractivity contribution is 0.277. The molecule has 0 amide bonds. The van der Waals surface area contributed by atoms with Crippen LogP contribution in [-0.4, -0.2) is 54.7 Å². The Bertz CT molecular complexity index is 679. The van der Waals surface area contributed by atoms with Crippen LogP contribution in [0.15, 0.2) is 48.2 Å². The molecule has 1 aromatic carbocycles. The van der Waals surface area contributed by atoms with Gasteiger partial charge >= 0.3 is 0 Å². The standard InChI is InChI=1S/C19H24N4O/c1-16(14-17-6-4-3-5-7-17)15-22-10-12-23(13-11-22)19-20-9-8-18(21-19)24-2/h3-9,14H,10-13,15H2,1-2H3. The Morgan fingerprint density at radius 2 is 1.88 bits per heavy atom. The Morgan fingerprint density at radius 3 is 2.58 bits per heavy atom. The number of methoxy groups -OCH3 is 1. The van der Waals surface area contributed by atoms with Gasteiger partial charge in [0.1, 0.15) is 0 Å². The molecule has 2 heterocycles. The highest BCUT2D eigenvalue weighted by atomic mass is 16.5. The van der Waals surface area contributed by atoms with Crippen LogP contribution in [0.1, 0.15) is 12.5 Å². The molecule has 1 aliphatic heterocycles. The molecule has 3 rings (SSSR count). The minimum Gasteiger partial charge on any atom is -0.481 e. The number of hydrogen-bond donors (Lipinski definition) is 0. The summed E-state index contributed by atoms with van der Waals surface area (Å²) in [4.78, 5) is 13.5. The Balaban J connectivity index is 1.54. The van der Waals surface area contributed by atoms with Gasteiger partial charge < -0.3 is 9.64 Å². The zero-order chi connectivity index (χ0) is 16.8. The smallest absolute Gasteiger partial charge is 0.228 e. The van der Waals surface area contributed by atoms with E-state index in [0.717, 1.165) is 38.7 Å². The average molecular weight is 324 g/mol. The largest absolute Gasteiger partial charge is 0.481 e. The molecule has 0 saturated carbocycles. The Labute approximate surface area is 143 Å². The van der Waals surface area contributed by atoms with Gasteiger partial charge in [-0.2, -0.15) is 4.98 Å². The maximum atomic E-state index is 5.18. The molecule has 0 unspecified atom stereocenters. The van der Waals surface area contributed by atoms with Gasteiger partial charge in [0, 0.05) is 45.0 Å². The second-order valence-electron chi connectivity index (χ2n) is 6.06. The van der Waals surface area contributed by atoms with E-state index in [2.05, 4.69) is 57.0 Å². The fourth-order valence-electron chi connectivity index (χ4n) is 2.94. The van der Waals surface area contributed by atoms with E-state index >= 15 is 0 Å². The first-order valence-electron chi connectivity index (χ1n) is 8.31. The summed E-state index contributed by atoms with van der Waals surface area (Å²) in [7, 11) is 1.63. The van der Waals surface area contributed by atoms with Crippen LogP contribution in [0.3, 0.4) is 0 Å². The van der Waals surface area contributed by atoms with Crippen molar-refractivity contribution in [3.63, 3.8) is 0 Å². The van der Waals surface area contributed by atoms with Crippen molar-refractivity contribution in [2.45, 2.75) is 6.92 Å². The quantitative estimate of drug-likeness (QED) is 0.846. The van der Waals surface area contributed by atoms with Crippen molar-refractivity contribution in [3.8, 4) is 5.88 Å². The lowest BCUT2D eigenvalue weighted by atomic mass is 10.1. The van der Waals surface area contributed by atoms with Crippen molar-refractivity contribution in [1.82, 2.24) is 14.9 Å². The highest BCUT2D eigenvalue weighted by molar-refractivity contribution is 5.52. The highest BCUT2D eigenvalue weighted by Crippen LogP contribution is 2.15. The highest BCUT2D eigenvalue weighted by Gasteiger charge is 2.19. The zero-order valence-electron chi connectivity index (χ0n) is 14.4. The van der Waals surface area contributed by atoms with E-state index in [9.17, 15) is 0 Å². The number of anilines is 1. The first kappa shape index (κ1) is 16.5. The van der Waals surface area contributed by atoms with Crippen LogP contribution in [0.4, 0.5) is 5.95 Å². The number of nitrogens with zero attached hydrogens (tertiary/aromatic N) is 4. The van der Waals surface area contributed by atoms with E-state index in [-0.39, 0.29) is 0 Å². The molecule has 0 spiro atoms. The number of ether oxygens (including phenoxy) is 1. The second kappa shape index (κ2) is 7.93. The summed E-state index contributed by atoms with van der Waals surface area (Å²) in [5, 5.41) is 0. The molecule has 1 aromatic heterocycles. The van der Waals surface area contributed by atoms with Gasteiger partial charge in [-0.05, 0) is 12.5 Å². The van der Waals surface area contributed by atoms with E-state index in [1.165, 1.54) is 11.1 Å². The molecular formula is C19H24N4O. The summed E-state index contributed by atoms with van der Waals surface area (Å²) in [6.45, 7) is 7.10. The molecule has 1 saturated heterocycles. The molecule has 0 bridgehead atoms. The number of aromatic nitrogens is 2. The first-order chi connectivity index (χ1) is 11.7. The van der Waals surface area contributed by atoms with E-state index in [4.69, 9.17) is 4.74 Å². The maximum absolute atomic E-state index is 5.18. The SMILES string of the molecule is COc1ccnc(N2CCN(CC(C)=Cc3ccccc3)CC2)n1. The summed E-state index contributed by atoms with van der Waals surface area (Å²) < 4.78 is 5.18. The number of hydrogen-bond acceptors (Lipinski definition) is 5. The molecule has 0 N–H and O–H groups in total. The van der Waals surface area contributed by atoms with Crippen LogP contribution in [0.5, 0.6) is 5.88 Å². The lowest BCUT2D eigenvalue weighted by Gasteiger charge is -2.34. The minimum atomic E-state index is 0.615. The lowest BCUT2D eigenvalue weighted by Crippen LogP contribution is -2.47. The number of benzene rings is 1. The van der Waals surface area contributed by atoms with Gasteiger partial charge in [-0.3, -0.25) is 4.90 Å². The molecule has 126 valence electrons. The van der Waals surface area contributed by atoms with Crippen molar-refractivity contribution in [1.29, 1.82) is 0 Å². The van der Waals surface area contributed by atoms with Crippen LogP contribution in [0.25, 0.3) is 6.08 Å². The summed E-state index contributed by atoms with van der Waals surface area (Å²) in [5.74, 6) is 1.37. The van der Waals surface area contributed by atoms with Gasteiger partial charge in [0.15, 0.2) is 0 Å². The molecule has 0 radical (unpaired) electrons. The van der Waals surface area contributed by atoms with E-state index < -0.39 is 0 Å². The van der Waals surface area contributed by atoms with E-state index in [1.54, 1.807) is 19.4 Å². The average Bonchev–Trinajstić information content (AvgIpc) is 2.63. The predicted molar refractivity (Wildman–Crippen MR) is 97.3 cm³/mol. The summed E-state index contributed by atoms with van der Waals surface area (Å²) in [6.07, 6.45) is 4.01. The van der Waals surface area contributed by atoms with Crippen LogP contribution < -0.4 is 9.64 Å². The van der Waals surface area contributed by atoms with Gasteiger partial charge in [-0.1, -0.05) is 42.0 Å². The van der Waals surface area contributed by atoms with Crippen molar-refractivity contribution in [2.24, 2.45) is 0 Å². The van der Waals surface area contributed by atoms with Crippen molar-refractivity contribution in [3.05, 3.63) is 53.7 Å². The minimum absolute atomic E-state index is 0.615. The van der Waals surface area contributed by atoms with Gasteiger partial charge in [0.2, 0.25) is 11.8 Å². The third kappa shape index (κ3) is 4.32. The van der Waals surface area contributed by atoms with Gasteiger partial charge in [0.25, 0.3) is 0 Å². The topological polar surface area (TPSA) is 41.5 Å². The molecule has 5 heteroatoms. The Kier molecular flexibility index (Phi) is 5.43. The van der Waals surface area contributed by atoms with Crippen LogP contribution >= 0.6 is 0 Å². The normalized spacial score (nSPS) is 16.2.